The van der Waals surface area contributed by atoms with E-state index in [0.29, 0.717) is 32.5 Å². The first kappa shape index (κ1) is 13.8. The third kappa shape index (κ3) is 2.88. The number of hydrogen-bond acceptors (Lipinski definition) is 3. The van der Waals surface area contributed by atoms with Crippen molar-refractivity contribution in [1.29, 1.82) is 0 Å². The van der Waals surface area contributed by atoms with Crippen LogP contribution in [-0.2, 0) is 14.4 Å². The molecule has 0 unspecified atom stereocenters. The summed E-state index contributed by atoms with van der Waals surface area (Å²) in [7, 11) is 0. The molecule has 6 heteroatoms. The molecule has 2 saturated heterocycles. The summed E-state index contributed by atoms with van der Waals surface area (Å²) < 4.78 is 0. The molecule has 2 aliphatic rings. The van der Waals surface area contributed by atoms with Gasteiger partial charge in [-0.2, -0.15) is 0 Å². The number of amides is 2. The fraction of sp³-hybridized carbons (Fsp3) is 0.769. The molecule has 2 heterocycles. The zero-order chi connectivity index (χ0) is 14.0. The molecule has 0 aromatic rings. The Kier molecular flexibility index (Phi) is 4.07. The molecule has 1 atom stereocenters. The predicted octanol–water partition coefficient (Wildman–Crippen LogP) is 0.320. The molecule has 1 N–H and O–H groups in total. The molecule has 2 amide bonds. The first-order valence-corrected chi connectivity index (χ1v) is 6.79. The van der Waals surface area contributed by atoms with Crippen LogP contribution >= 0.6 is 0 Å². The summed E-state index contributed by atoms with van der Waals surface area (Å²) >= 11 is 0. The van der Waals surface area contributed by atoms with Crippen LogP contribution in [0, 0.1) is 5.92 Å². The van der Waals surface area contributed by atoms with Gasteiger partial charge in [-0.05, 0) is 25.7 Å². The summed E-state index contributed by atoms with van der Waals surface area (Å²) in [6, 6.07) is -0.334. The van der Waals surface area contributed by atoms with Crippen molar-refractivity contribution in [2.75, 3.05) is 19.6 Å². The second-order valence-electron chi connectivity index (χ2n) is 5.31. The SMILES string of the molecule is CC(=O)N1CCC[C@H]1C(=O)N1CCC(C(=O)O)CC1. The van der Waals surface area contributed by atoms with E-state index in [9.17, 15) is 14.4 Å². The van der Waals surface area contributed by atoms with Crippen molar-refractivity contribution in [3.63, 3.8) is 0 Å². The molecule has 0 bridgehead atoms. The van der Waals surface area contributed by atoms with E-state index < -0.39 is 5.97 Å². The molecule has 19 heavy (non-hydrogen) atoms. The summed E-state index contributed by atoms with van der Waals surface area (Å²) in [5, 5.41) is 8.93. The second kappa shape index (κ2) is 5.59. The van der Waals surface area contributed by atoms with Gasteiger partial charge in [-0.1, -0.05) is 0 Å². The molecule has 0 spiro atoms. The molecule has 6 nitrogen and oxygen atoms in total. The number of carboxylic acid groups (broad SMARTS) is 1. The van der Waals surface area contributed by atoms with Crippen molar-refractivity contribution in [2.45, 2.75) is 38.6 Å². The third-order valence-corrected chi connectivity index (χ3v) is 4.10. The molecule has 106 valence electrons. The van der Waals surface area contributed by atoms with E-state index in [2.05, 4.69) is 0 Å². The molecule has 0 aromatic carbocycles. The molecule has 2 rings (SSSR count). The number of aliphatic carboxylic acids is 1. The molecule has 0 aliphatic carbocycles. The molecule has 0 saturated carbocycles. The monoisotopic (exact) mass is 268 g/mol. The highest BCUT2D eigenvalue weighted by atomic mass is 16.4. The van der Waals surface area contributed by atoms with Crippen LogP contribution in [0.3, 0.4) is 0 Å². The molecule has 0 radical (unpaired) electrons. The van der Waals surface area contributed by atoms with Crippen molar-refractivity contribution in [1.82, 2.24) is 9.80 Å². The Labute approximate surface area is 112 Å². The zero-order valence-electron chi connectivity index (χ0n) is 11.2. The first-order chi connectivity index (χ1) is 9.00. The topological polar surface area (TPSA) is 77.9 Å². The highest BCUT2D eigenvalue weighted by Gasteiger charge is 2.36. The Morgan fingerprint density at radius 3 is 2.21 bits per heavy atom. The number of carbonyl (C=O) groups excluding carboxylic acids is 2. The lowest BCUT2D eigenvalue weighted by Gasteiger charge is -2.34. The number of hydrogen-bond donors (Lipinski definition) is 1. The van der Waals surface area contributed by atoms with Crippen LogP contribution in [-0.4, -0.2) is 58.4 Å². The van der Waals surface area contributed by atoms with Crippen LogP contribution < -0.4 is 0 Å². The van der Waals surface area contributed by atoms with Crippen molar-refractivity contribution in [3.05, 3.63) is 0 Å². The van der Waals surface area contributed by atoms with E-state index in [-0.39, 0.29) is 23.8 Å². The van der Waals surface area contributed by atoms with E-state index in [0.717, 1.165) is 12.8 Å². The molecular weight excluding hydrogens is 248 g/mol. The minimum Gasteiger partial charge on any atom is -0.481 e. The van der Waals surface area contributed by atoms with Gasteiger partial charge in [0.2, 0.25) is 11.8 Å². The van der Waals surface area contributed by atoms with Crippen LogP contribution in [0.1, 0.15) is 32.6 Å². The average Bonchev–Trinajstić information content (AvgIpc) is 2.87. The number of likely N-dealkylation sites (tertiary alicyclic amines) is 2. The number of nitrogens with zero attached hydrogens (tertiary/aromatic N) is 2. The number of carbonyl (C=O) groups is 3. The van der Waals surface area contributed by atoms with E-state index in [1.54, 1.807) is 9.80 Å². The maximum Gasteiger partial charge on any atom is 0.306 e. The highest BCUT2D eigenvalue weighted by molar-refractivity contribution is 5.87. The Morgan fingerprint density at radius 1 is 1.05 bits per heavy atom. The summed E-state index contributed by atoms with van der Waals surface area (Å²) in [6.45, 7) is 3.11. The normalized spacial score (nSPS) is 24.6. The summed E-state index contributed by atoms with van der Waals surface area (Å²) in [5.74, 6) is -1.19. The highest BCUT2D eigenvalue weighted by Crippen LogP contribution is 2.23. The Balaban J connectivity index is 1.94. The lowest BCUT2D eigenvalue weighted by Crippen LogP contribution is -2.50. The van der Waals surface area contributed by atoms with E-state index in [1.165, 1.54) is 6.92 Å². The van der Waals surface area contributed by atoms with E-state index in [1.807, 2.05) is 0 Å². The largest absolute Gasteiger partial charge is 0.481 e. The van der Waals surface area contributed by atoms with Crippen LogP contribution in [0.15, 0.2) is 0 Å². The van der Waals surface area contributed by atoms with Crippen molar-refractivity contribution in [2.24, 2.45) is 5.92 Å². The summed E-state index contributed by atoms with van der Waals surface area (Å²) in [4.78, 5) is 38.1. The standard InChI is InChI=1S/C13H20N2O4/c1-9(16)15-6-2-3-11(15)12(17)14-7-4-10(5-8-14)13(18)19/h10-11H,2-8H2,1H3,(H,18,19)/t11-/m0/s1. The maximum atomic E-state index is 12.4. The lowest BCUT2D eigenvalue weighted by atomic mass is 9.96. The predicted molar refractivity (Wildman–Crippen MR) is 67.3 cm³/mol. The summed E-state index contributed by atoms with van der Waals surface area (Å²) in [6.07, 6.45) is 2.60. The molecule has 0 aromatic heterocycles. The van der Waals surface area contributed by atoms with Crippen LogP contribution in [0.5, 0.6) is 0 Å². The van der Waals surface area contributed by atoms with Gasteiger partial charge in [0, 0.05) is 26.6 Å². The zero-order valence-corrected chi connectivity index (χ0v) is 11.2. The van der Waals surface area contributed by atoms with Crippen LogP contribution in [0.4, 0.5) is 0 Å². The Hall–Kier alpha value is -1.59. The third-order valence-electron chi connectivity index (χ3n) is 4.10. The van der Waals surface area contributed by atoms with Gasteiger partial charge in [0.15, 0.2) is 0 Å². The minimum atomic E-state index is -0.779. The van der Waals surface area contributed by atoms with Crippen LogP contribution in [0.2, 0.25) is 0 Å². The fourth-order valence-corrected chi connectivity index (χ4v) is 2.96. The van der Waals surface area contributed by atoms with E-state index >= 15 is 0 Å². The Bertz CT molecular complexity index is 388. The quantitative estimate of drug-likeness (QED) is 0.782. The second-order valence-corrected chi connectivity index (χ2v) is 5.31. The van der Waals surface area contributed by atoms with Gasteiger partial charge in [-0.3, -0.25) is 14.4 Å². The fourth-order valence-electron chi connectivity index (χ4n) is 2.96. The average molecular weight is 268 g/mol. The number of carboxylic acids is 1. The minimum absolute atomic E-state index is 0.0171. The molecule has 2 fully saturated rings. The van der Waals surface area contributed by atoms with Crippen molar-refractivity contribution >= 4 is 17.8 Å². The van der Waals surface area contributed by atoms with Gasteiger partial charge >= 0.3 is 5.97 Å². The van der Waals surface area contributed by atoms with Gasteiger partial charge in [-0.15, -0.1) is 0 Å². The number of rotatable bonds is 2. The maximum absolute atomic E-state index is 12.4. The molecule has 2 aliphatic heterocycles. The van der Waals surface area contributed by atoms with Crippen molar-refractivity contribution < 1.29 is 19.5 Å². The lowest BCUT2D eigenvalue weighted by molar-refractivity contribution is -0.148. The van der Waals surface area contributed by atoms with Gasteiger partial charge in [-0.25, -0.2) is 0 Å². The number of piperidine rings is 1. The van der Waals surface area contributed by atoms with E-state index in [4.69, 9.17) is 5.11 Å². The smallest absolute Gasteiger partial charge is 0.306 e. The Morgan fingerprint density at radius 2 is 1.68 bits per heavy atom. The summed E-state index contributed by atoms with van der Waals surface area (Å²) in [5.41, 5.74) is 0. The van der Waals surface area contributed by atoms with Crippen LogP contribution in [0.25, 0.3) is 0 Å². The van der Waals surface area contributed by atoms with Gasteiger partial charge in [0.25, 0.3) is 0 Å². The van der Waals surface area contributed by atoms with Gasteiger partial charge < -0.3 is 14.9 Å². The van der Waals surface area contributed by atoms with Gasteiger partial charge in [0.1, 0.15) is 6.04 Å². The van der Waals surface area contributed by atoms with Crippen molar-refractivity contribution in [3.8, 4) is 0 Å². The first-order valence-electron chi connectivity index (χ1n) is 6.79. The van der Waals surface area contributed by atoms with Gasteiger partial charge in [0.05, 0.1) is 5.92 Å². The molecular formula is C13H20N2O4.